The number of carbonyl (C=O) groups excluding carboxylic acids is 1. The van der Waals surface area contributed by atoms with Crippen LogP contribution in [0.4, 0.5) is 0 Å². The van der Waals surface area contributed by atoms with Gasteiger partial charge in [0.2, 0.25) is 5.91 Å². The molecular weight excluding hydrogens is 835 g/mol. The minimum atomic E-state index is -1.79. The largest absolute Gasteiger partial charge is 0.394 e. The van der Waals surface area contributed by atoms with E-state index in [0.29, 0.717) is 6.42 Å². The van der Waals surface area contributed by atoms with Crippen LogP contribution in [0.2, 0.25) is 0 Å². The van der Waals surface area contributed by atoms with Crippen LogP contribution < -0.4 is 5.32 Å². The number of rotatable bonds is 37. The fourth-order valence-corrected chi connectivity index (χ4v) is 7.85. The van der Waals surface area contributed by atoms with E-state index in [1.54, 1.807) is 6.08 Å². The van der Waals surface area contributed by atoms with Gasteiger partial charge in [0.05, 0.1) is 32.0 Å². The molecule has 14 heteroatoms. The molecular formula is C51H89NO13. The highest BCUT2D eigenvalue weighted by Crippen LogP contribution is 2.30. The summed E-state index contributed by atoms with van der Waals surface area (Å²) in [6, 6.07) is -0.911. The Balaban J connectivity index is 1.62. The minimum Gasteiger partial charge on any atom is -0.394 e. The number of unbranched alkanes of at least 4 members (excludes halogenated alkanes) is 16. The molecule has 65 heavy (non-hydrogen) atoms. The maximum atomic E-state index is 13.0. The molecule has 2 saturated heterocycles. The van der Waals surface area contributed by atoms with E-state index in [4.69, 9.17) is 18.9 Å². The zero-order valence-corrected chi connectivity index (χ0v) is 39.7. The second-order valence-corrected chi connectivity index (χ2v) is 17.6. The normalized spacial score (nSPS) is 27.5. The van der Waals surface area contributed by atoms with Crippen molar-refractivity contribution in [1.29, 1.82) is 0 Å². The molecule has 2 aliphatic heterocycles. The number of carbonyl (C=O) groups is 1. The SMILES string of the molecule is CC/C=C\C/C=C\C/C=C\C/C=C\CCCCCCCCCCCCCCCCC(=O)NC(COC1OC(CO)C(OC2OC(CO)C(O)C(O)C2O)C(O)C1O)C(O)/C=C/CCCC. The molecule has 9 N–H and O–H groups in total. The molecule has 0 saturated carbocycles. The molecule has 0 aromatic carbocycles. The molecule has 2 fully saturated rings. The van der Waals surface area contributed by atoms with Crippen molar-refractivity contribution in [2.24, 2.45) is 0 Å². The Labute approximate surface area is 390 Å². The number of amides is 1. The Kier molecular flexibility index (Phi) is 34.1. The first-order valence-corrected chi connectivity index (χ1v) is 25.0. The molecule has 2 aliphatic rings. The maximum absolute atomic E-state index is 13.0. The first-order valence-electron chi connectivity index (χ1n) is 25.0. The minimum absolute atomic E-state index is 0.253. The summed E-state index contributed by atoms with van der Waals surface area (Å²) in [6.45, 7) is 2.49. The summed E-state index contributed by atoms with van der Waals surface area (Å²) in [6.07, 6.45) is 29.3. The zero-order valence-electron chi connectivity index (χ0n) is 39.7. The van der Waals surface area contributed by atoms with E-state index in [9.17, 15) is 45.6 Å². The number of hydrogen-bond acceptors (Lipinski definition) is 13. The molecule has 2 heterocycles. The number of nitrogens with one attached hydrogen (secondary N) is 1. The third-order valence-corrected chi connectivity index (χ3v) is 12.0. The van der Waals surface area contributed by atoms with Crippen LogP contribution in [0.25, 0.3) is 0 Å². The lowest BCUT2D eigenvalue weighted by atomic mass is 9.97. The smallest absolute Gasteiger partial charge is 0.220 e. The van der Waals surface area contributed by atoms with Crippen molar-refractivity contribution < 1.29 is 64.6 Å². The van der Waals surface area contributed by atoms with Crippen molar-refractivity contribution in [2.45, 2.75) is 235 Å². The van der Waals surface area contributed by atoms with Gasteiger partial charge >= 0.3 is 0 Å². The number of allylic oxidation sites excluding steroid dienone is 9. The molecule has 2 rings (SSSR count). The summed E-state index contributed by atoms with van der Waals surface area (Å²) in [5, 5.41) is 86.0. The highest BCUT2D eigenvalue weighted by molar-refractivity contribution is 5.76. The fraction of sp³-hybridized carbons (Fsp3) is 0.784. The van der Waals surface area contributed by atoms with Crippen LogP contribution in [0.15, 0.2) is 60.8 Å². The van der Waals surface area contributed by atoms with Gasteiger partial charge in [0, 0.05) is 6.42 Å². The quantitative estimate of drug-likeness (QED) is 0.0248. The summed E-state index contributed by atoms with van der Waals surface area (Å²) in [5.74, 6) is -0.253. The fourth-order valence-electron chi connectivity index (χ4n) is 7.85. The monoisotopic (exact) mass is 924 g/mol. The van der Waals surface area contributed by atoms with Crippen LogP contribution in [0.5, 0.6) is 0 Å². The molecule has 12 atom stereocenters. The highest BCUT2D eigenvalue weighted by Gasteiger charge is 2.51. The van der Waals surface area contributed by atoms with Gasteiger partial charge in [0.15, 0.2) is 12.6 Å². The third kappa shape index (κ3) is 25.0. The number of hydrogen-bond donors (Lipinski definition) is 9. The van der Waals surface area contributed by atoms with Gasteiger partial charge in [-0.15, -0.1) is 0 Å². The Morgan fingerprint density at radius 1 is 0.569 bits per heavy atom. The van der Waals surface area contributed by atoms with Gasteiger partial charge in [-0.05, 0) is 51.4 Å². The molecule has 12 unspecified atom stereocenters. The Morgan fingerprint density at radius 2 is 1.06 bits per heavy atom. The van der Waals surface area contributed by atoms with Crippen LogP contribution in [0, 0.1) is 0 Å². The standard InChI is InChI=1S/C51H89NO13/c1-3-5-7-9-10-11-12-13-14-15-16-17-18-19-20-21-22-23-24-25-26-27-28-29-30-31-33-35-43(56)52-39(40(55)34-32-8-6-4-2)38-62-50-48(61)46(59)49(42(37-54)64-50)65-51-47(60)45(58)44(57)41(36-53)63-51/h5,7,10-11,13-14,16-17,32,34,39-42,44-51,53-55,57-61H,3-4,6,8-9,12,15,18-31,33,35-38H2,1-2H3,(H,52,56)/b7-5-,11-10-,14-13-,17-16-,34-32+. The Bertz CT molecular complexity index is 1320. The van der Waals surface area contributed by atoms with Crippen LogP contribution in [0.3, 0.4) is 0 Å². The molecule has 0 aromatic heterocycles. The maximum Gasteiger partial charge on any atom is 0.220 e. The van der Waals surface area contributed by atoms with E-state index in [0.717, 1.165) is 64.2 Å². The van der Waals surface area contributed by atoms with Gasteiger partial charge in [0.25, 0.3) is 0 Å². The van der Waals surface area contributed by atoms with Crippen LogP contribution in [0.1, 0.15) is 162 Å². The molecule has 14 nitrogen and oxygen atoms in total. The first kappa shape index (κ1) is 58.8. The molecule has 1 amide bonds. The lowest BCUT2D eigenvalue weighted by molar-refractivity contribution is -0.359. The third-order valence-electron chi connectivity index (χ3n) is 12.0. The second-order valence-electron chi connectivity index (χ2n) is 17.6. The lowest BCUT2D eigenvalue weighted by Crippen LogP contribution is -2.65. The number of ether oxygens (including phenoxy) is 4. The lowest BCUT2D eigenvalue weighted by Gasteiger charge is -2.46. The van der Waals surface area contributed by atoms with Gasteiger partial charge in [-0.25, -0.2) is 0 Å². The van der Waals surface area contributed by atoms with E-state index in [-0.39, 0.29) is 18.9 Å². The zero-order chi connectivity index (χ0) is 47.5. The Hall–Kier alpha value is -2.31. The predicted octanol–water partition coefficient (Wildman–Crippen LogP) is 6.27. The van der Waals surface area contributed by atoms with Crippen molar-refractivity contribution in [3.8, 4) is 0 Å². The first-order chi connectivity index (χ1) is 31.6. The average Bonchev–Trinajstić information content (AvgIpc) is 3.30. The van der Waals surface area contributed by atoms with Gasteiger partial charge in [-0.3, -0.25) is 4.79 Å². The van der Waals surface area contributed by atoms with Crippen molar-refractivity contribution in [3.05, 3.63) is 60.8 Å². The van der Waals surface area contributed by atoms with Gasteiger partial charge < -0.3 is 65.1 Å². The number of aliphatic hydroxyl groups excluding tert-OH is 8. The van der Waals surface area contributed by atoms with E-state index < -0.39 is 86.8 Å². The van der Waals surface area contributed by atoms with Crippen molar-refractivity contribution in [2.75, 3.05) is 19.8 Å². The average molecular weight is 924 g/mol. The van der Waals surface area contributed by atoms with Crippen LogP contribution >= 0.6 is 0 Å². The highest BCUT2D eigenvalue weighted by atomic mass is 16.7. The Morgan fingerprint density at radius 3 is 1.62 bits per heavy atom. The van der Waals surface area contributed by atoms with Crippen LogP contribution in [-0.2, 0) is 23.7 Å². The molecule has 0 aliphatic carbocycles. The molecule has 0 spiro atoms. The van der Waals surface area contributed by atoms with Gasteiger partial charge in [-0.1, -0.05) is 164 Å². The van der Waals surface area contributed by atoms with E-state index in [1.165, 1.54) is 70.6 Å². The van der Waals surface area contributed by atoms with Crippen molar-refractivity contribution in [1.82, 2.24) is 5.32 Å². The van der Waals surface area contributed by atoms with E-state index in [2.05, 4.69) is 67.8 Å². The molecule has 0 radical (unpaired) electrons. The van der Waals surface area contributed by atoms with Crippen molar-refractivity contribution >= 4 is 5.91 Å². The van der Waals surface area contributed by atoms with Crippen molar-refractivity contribution in [3.63, 3.8) is 0 Å². The van der Waals surface area contributed by atoms with E-state index in [1.807, 2.05) is 6.08 Å². The summed E-state index contributed by atoms with van der Waals surface area (Å²) < 4.78 is 22.5. The molecule has 376 valence electrons. The molecule has 0 aromatic rings. The second kappa shape index (κ2) is 37.6. The van der Waals surface area contributed by atoms with Gasteiger partial charge in [-0.2, -0.15) is 0 Å². The van der Waals surface area contributed by atoms with Gasteiger partial charge in [0.1, 0.15) is 48.8 Å². The summed E-state index contributed by atoms with van der Waals surface area (Å²) >= 11 is 0. The van der Waals surface area contributed by atoms with Crippen LogP contribution in [-0.4, -0.2) is 140 Å². The van der Waals surface area contributed by atoms with E-state index >= 15 is 0 Å². The summed E-state index contributed by atoms with van der Waals surface area (Å²) in [5.41, 5.74) is 0. The molecule has 0 bridgehead atoms. The summed E-state index contributed by atoms with van der Waals surface area (Å²) in [4.78, 5) is 13.0. The topological polar surface area (TPSA) is 228 Å². The predicted molar refractivity (Wildman–Crippen MR) is 254 cm³/mol. The number of aliphatic hydroxyl groups is 8. The summed E-state index contributed by atoms with van der Waals surface area (Å²) in [7, 11) is 0.